The molecule has 3 aromatic rings. The number of benzene rings is 1. The molecule has 0 aliphatic heterocycles. The Hall–Kier alpha value is -2.89. The quantitative estimate of drug-likeness (QED) is 0.694. The average Bonchev–Trinajstić information content (AvgIpc) is 2.89. The summed E-state index contributed by atoms with van der Waals surface area (Å²) < 4.78 is 0. The van der Waals surface area contributed by atoms with E-state index in [1.807, 2.05) is 44.2 Å². The maximum Gasteiger partial charge on any atom is 0.320 e. The van der Waals surface area contributed by atoms with Gasteiger partial charge < -0.3 is 5.32 Å². The lowest BCUT2D eigenvalue weighted by Crippen LogP contribution is -2.31. The molecule has 0 aliphatic rings. The number of urea groups is 1. The van der Waals surface area contributed by atoms with Crippen molar-refractivity contribution in [3.8, 4) is 0 Å². The van der Waals surface area contributed by atoms with Gasteiger partial charge in [-0.1, -0.05) is 30.3 Å². The molecular weight excluding hydrogens is 278 g/mol. The summed E-state index contributed by atoms with van der Waals surface area (Å²) in [6.45, 7) is 3.86. The van der Waals surface area contributed by atoms with Gasteiger partial charge in [-0.15, -0.1) is 0 Å². The summed E-state index contributed by atoms with van der Waals surface area (Å²) in [6.07, 6.45) is 1.70. The van der Waals surface area contributed by atoms with Crippen LogP contribution in [0.4, 0.5) is 10.6 Å². The van der Waals surface area contributed by atoms with E-state index in [9.17, 15) is 4.79 Å². The van der Waals surface area contributed by atoms with Crippen molar-refractivity contribution in [2.45, 2.75) is 19.9 Å². The normalized spacial score (nSPS) is 12.1. The molecule has 0 aliphatic carbocycles. The summed E-state index contributed by atoms with van der Waals surface area (Å²) in [7, 11) is 0. The molecule has 6 nitrogen and oxygen atoms in total. The third-order valence-corrected chi connectivity index (χ3v) is 3.52. The Labute approximate surface area is 128 Å². The van der Waals surface area contributed by atoms with Crippen LogP contribution < -0.4 is 10.6 Å². The first-order valence-electron chi connectivity index (χ1n) is 7.06. The van der Waals surface area contributed by atoms with Crippen LogP contribution in [0.5, 0.6) is 0 Å². The second-order valence-corrected chi connectivity index (χ2v) is 5.17. The summed E-state index contributed by atoms with van der Waals surface area (Å²) in [5.41, 5.74) is 2.78. The second kappa shape index (κ2) is 5.85. The van der Waals surface area contributed by atoms with E-state index >= 15 is 0 Å². The van der Waals surface area contributed by atoms with E-state index in [0.717, 1.165) is 22.2 Å². The smallest absolute Gasteiger partial charge is 0.320 e. The van der Waals surface area contributed by atoms with Crippen LogP contribution in [-0.4, -0.2) is 21.2 Å². The van der Waals surface area contributed by atoms with Crippen LogP contribution in [0.3, 0.4) is 0 Å². The van der Waals surface area contributed by atoms with Gasteiger partial charge in [-0.3, -0.25) is 10.4 Å². The molecule has 3 N–H and O–H groups in total. The van der Waals surface area contributed by atoms with Crippen LogP contribution in [-0.2, 0) is 0 Å². The lowest BCUT2D eigenvalue weighted by atomic mass is 10.1. The SMILES string of the molecule is Cc1[nH]nc2cc(NC(=O)N[C@H](C)c3ccccc3)ncc12. The number of carbonyl (C=O) groups excluding carboxylic acids is 1. The molecule has 0 fully saturated rings. The fourth-order valence-electron chi connectivity index (χ4n) is 2.27. The molecule has 112 valence electrons. The third kappa shape index (κ3) is 2.90. The van der Waals surface area contributed by atoms with Gasteiger partial charge in [-0.05, 0) is 19.4 Å². The lowest BCUT2D eigenvalue weighted by Gasteiger charge is -2.14. The molecule has 22 heavy (non-hydrogen) atoms. The molecule has 6 heteroatoms. The first-order chi connectivity index (χ1) is 10.6. The summed E-state index contributed by atoms with van der Waals surface area (Å²) in [6, 6.07) is 11.1. The van der Waals surface area contributed by atoms with Gasteiger partial charge in [-0.2, -0.15) is 5.10 Å². The number of nitrogens with one attached hydrogen (secondary N) is 3. The van der Waals surface area contributed by atoms with E-state index < -0.39 is 0 Å². The van der Waals surface area contributed by atoms with E-state index in [0.29, 0.717) is 5.82 Å². The minimum absolute atomic E-state index is 0.0856. The molecule has 2 aromatic heterocycles. The number of aromatic amines is 1. The average molecular weight is 295 g/mol. The summed E-state index contributed by atoms with van der Waals surface area (Å²) >= 11 is 0. The molecule has 2 amide bonds. The highest BCUT2D eigenvalue weighted by molar-refractivity contribution is 5.91. The van der Waals surface area contributed by atoms with E-state index in [1.54, 1.807) is 12.3 Å². The van der Waals surface area contributed by atoms with Crippen molar-refractivity contribution in [3.05, 3.63) is 53.9 Å². The number of hydrogen-bond acceptors (Lipinski definition) is 3. The van der Waals surface area contributed by atoms with Crippen LogP contribution in [0.1, 0.15) is 24.2 Å². The van der Waals surface area contributed by atoms with Gasteiger partial charge in [0.25, 0.3) is 0 Å². The molecule has 1 aromatic carbocycles. The molecule has 3 rings (SSSR count). The number of fused-ring (bicyclic) bond motifs is 1. The Morgan fingerprint density at radius 1 is 1.27 bits per heavy atom. The zero-order valence-corrected chi connectivity index (χ0v) is 12.4. The minimum Gasteiger partial charge on any atom is -0.331 e. The topological polar surface area (TPSA) is 82.7 Å². The Bertz CT molecular complexity index is 797. The number of pyridine rings is 1. The van der Waals surface area contributed by atoms with Gasteiger partial charge in [-0.25, -0.2) is 9.78 Å². The third-order valence-electron chi connectivity index (χ3n) is 3.52. The molecule has 0 saturated carbocycles. The Morgan fingerprint density at radius 2 is 2.05 bits per heavy atom. The van der Waals surface area contributed by atoms with Crippen molar-refractivity contribution in [2.75, 3.05) is 5.32 Å². The molecule has 0 bridgehead atoms. The Balaban J connectivity index is 1.67. The molecule has 1 atom stereocenters. The summed E-state index contributed by atoms with van der Waals surface area (Å²) in [4.78, 5) is 16.3. The summed E-state index contributed by atoms with van der Waals surface area (Å²) in [5, 5.41) is 13.6. The van der Waals surface area contributed by atoms with Crippen molar-refractivity contribution in [2.24, 2.45) is 0 Å². The van der Waals surface area contributed by atoms with Crippen molar-refractivity contribution >= 4 is 22.8 Å². The number of amides is 2. The second-order valence-electron chi connectivity index (χ2n) is 5.17. The highest BCUT2D eigenvalue weighted by atomic mass is 16.2. The van der Waals surface area contributed by atoms with Crippen LogP contribution in [0.25, 0.3) is 10.9 Å². The number of hydrogen-bond donors (Lipinski definition) is 3. The molecule has 0 unspecified atom stereocenters. The molecule has 2 heterocycles. The monoisotopic (exact) mass is 295 g/mol. The largest absolute Gasteiger partial charge is 0.331 e. The Morgan fingerprint density at radius 3 is 2.82 bits per heavy atom. The zero-order chi connectivity index (χ0) is 15.5. The van der Waals surface area contributed by atoms with E-state index in [1.165, 1.54) is 0 Å². The van der Waals surface area contributed by atoms with Gasteiger partial charge in [0.1, 0.15) is 5.82 Å². The van der Waals surface area contributed by atoms with Gasteiger partial charge in [0.2, 0.25) is 0 Å². The van der Waals surface area contributed by atoms with Crippen LogP contribution >= 0.6 is 0 Å². The maximum atomic E-state index is 12.0. The van der Waals surface area contributed by atoms with Gasteiger partial charge >= 0.3 is 6.03 Å². The van der Waals surface area contributed by atoms with Crippen molar-refractivity contribution in [3.63, 3.8) is 0 Å². The van der Waals surface area contributed by atoms with Crippen LogP contribution in [0.15, 0.2) is 42.6 Å². The minimum atomic E-state index is -0.296. The predicted molar refractivity (Wildman–Crippen MR) is 85.6 cm³/mol. The highest BCUT2D eigenvalue weighted by Gasteiger charge is 2.10. The fraction of sp³-hybridized carbons (Fsp3) is 0.188. The van der Waals surface area contributed by atoms with E-state index in [2.05, 4.69) is 25.8 Å². The number of nitrogens with zero attached hydrogens (tertiary/aromatic N) is 2. The number of H-pyrrole nitrogens is 1. The first-order valence-corrected chi connectivity index (χ1v) is 7.06. The molecule has 0 spiro atoms. The maximum absolute atomic E-state index is 12.0. The highest BCUT2D eigenvalue weighted by Crippen LogP contribution is 2.17. The zero-order valence-electron chi connectivity index (χ0n) is 12.4. The first kappa shape index (κ1) is 14.1. The van der Waals surface area contributed by atoms with Crippen LogP contribution in [0.2, 0.25) is 0 Å². The number of carbonyl (C=O) groups is 1. The number of rotatable bonds is 3. The Kier molecular flexibility index (Phi) is 3.74. The van der Waals surface area contributed by atoms with Crippen molar-refractivity contribution in [1.29, 1.82) is 0 Å². The van der Waals surface area contributed by atoms with E-state index in [-0.39, 0.29) is 12.1 Å². The van der Waals surface area contributed by atoms with Gasteiger partial charge in [0.15, 0.2) is 0 Å². The van der Waals surface area contributed by atoms with Gasteiger partial charge in [0.05, 0.1) is 11.6 Å². The predicted octanol–water partition coefficient (Wildman–Crippen LogP) is 3.15. The standard InChI is InChI=1S/C16H17N5O/c1-10(12-6-4-3-5-7-12)18-16(22)19-15-8-14-13(9-17-15)11(2)20-21-14/h3-10H,1-2H3,(H,20,21)(H2,17,18,19,22)/t10-/m1/s1. The van der Waals surface area contributed by atoms with Crippen LogP contribution in [0, 0.1) is 6.92 Å². The lowest BCUT2D eigenvalue weighted by molar-refractivity contribution is 0.249. The number of aromatic nitrogens is 3. The number of anilines is 1. The number of aryl methyl sites for hydroxylation is 1. The van der Waals surface area contributed by atoms with Crippen molar-refractivity contribution < 1.29 is 4.79 Å². The van der Waals surface area contributed by atoms with Crippen molar-refractivity contribution in [1.82, 2.24) is 20.5 Å². The van der Waals surface area contributed by atoms with Gasteiger partial charge in [0, 0.05) is 23.3 Å². The molecule has 0 saturated heterocycles. The van der Waals surface area contributed by atoms with E-state index in [4.69, 9.17) is 0 Å². The molecular formula is C16H17N5O. The summed E-state index contributed by atoms with van der Waals surface area (Å²) in [5.74, 6) is 0.469. The molecule has 0 radical (unpaired) electrons. The fourth-order valence-corrected chi connectivity index (χ4v) is 2.27.